The number of aliphatic hydroxyl groups is 1. The fourth-order valence-electron chi connectivity index (χ4n) is 11.1. The maximum Gasteiger partial charge on any atom is 0.325 e. The zero-order chi connectivity index (χ0) is 70.0. The zero-order valence-corrected chi connectivity index (χ0v) is 55.0. The number of carboxylic acid groups (broad SMARTS) is 1. The van der Waals surface area contributed by atoms with Gasteiger partial charge < -0.3 is 79.7 Å². The van der Waals surface area contributed by atoms with Crippen molar-refractivity contribution in [2.45, 2.75) is 172 Å². The van der Waals surface area contributed by atoms with Gasteiger partial charge >= 0.3 is 5.97 Å². The summed E-state index contributed by atoms with van der Waals surface area (Å²) in [6, 6.07) is 7.99. The molecule has 518 valence electrons. The predicted octanol–water partition coefficient (Wildman–Crippen LogP) is -0.433. The molecule has 6 rings (SSSR count). The van der Waals surface area contributed by atoms with Crippen LogP contribution in [0, 0.1) is 5.92 Å². The van der Waals surface area contributed by atoms with Gasteiger partial charge in [-0.25, -0.2) is 0 Å². The summed E-state index contributed by atoms with van der Waals surface area (Å²) < 4.78 is 0. The lowest BCUT2D eigenvalue weighted by atomic mass is 9.98. The van der Waals surface area contributed by atoms with Crippen molar-refractivity contribution in [3.63, 3.8) is 0 Å². The second-order valence-electron chi connectivity index (χ2n) is 24.4. The number of nitrogens with zero attached hydrogens (tertiary/aromatic N) is 3. The first-order valence-electron chi connectivity index (χ1n) is 32.1. The molecule has 0 bridgehead atoms. The molecule has 2 fully saturated rings. The Balaban J connectivity index is 1.41. The number of aliphatic imine (C=N–C) groups is 1. The molecule has 1 aromatic heterocycles. The van der Waals surface area contributed by atoms with Gasteiger partial charge in [-0.2, -0.15) is 0 Å². The molecule has 2 aliphatic rings. The summed E-state index contributed by atoms with van der Waals surface area (Å²) in [6.07, 6.45) is 2.47. The Hall–Kier alpha value is -9.77. The summed E-state index contributed by atoms with van der Waals surface area (Å²) in [4.78, 5) is 178. The lowest BCUT2D eigenvalue weighted by Crippen LogP contribution is -2.61. The standard InChI is InChI=1S/C66H88ClN15O14/c1-37(2)30-49-58(88)76-48(64(94)82-29-11-17-54(82)63(93)73-38(3)65(95)96)15-7-8-27-71-55(85)25-24-47(74-39(4)84)57(87)78-50(32-40-19-22-45(67)23-20-40)59(89)80-52(34-42-12-9-26-70-35-42)61(91)81-53(36-83)62(92)75-46(16-10-28-72-66(68)69)56(86)79-51(60(90)77-49)33-41-18-21-43-13-5-6-14-44(43)31-41/h5-6,9,12-14,18-23,26,31,35,37-38,46-54,83H,7-8,10-11,15-17,24-25,27-30,32-34,36H2,1-4H3,(H,71,85)(H,73,93)(H,74,84)(H,75,92)(H,76,88)(H,77,90)(H,78,87)(H,79,86)(H,80,89)(H,81,91)(H,95,96)(H4,68,69,72)/t38-,46+,47+,48+,49+,50-,51-,52-,53+,54+/m1/s1. The van der Waals surface area contributed by atoms with E-state index in [1.54, 1.807) is 56.3 Å². The van der Waals surface area contributed by atoms with Crippen LogP contribution in [-0.2, 0) is 76.8 Å². The number of nitrogens with one attached hydrogen (secondary N) is 10. The molecule has 10 atom stereocenters. The number of guanidine groups is 1. The molecule has 2 saturated heterocycles. The van der Waals surface area contributed by atoms with Crippen molar-refractivity contribution in [2.24, 2.45) is 22.4 Å². The van der Waals surface area contributed by atoms with E-state index in [-0.39, 0.29) is 109 Å². The highest BCUT2D eigenvalue weighted by molar-refractivity contribution is 6.30. The number of halogens is 1. The molecule has 3 aromatic carbocycles. The number of carbonyl (C=O) groups is 12. The summed E-state index contributed by atoms with van der Waals surface area (Å²) in [5, 5.41) is 48.9. The number of nitrogens with two attached hydrogens (primary N) is 2. The Bertz CT molecular complexity index is 3430. The van der Waals surface area contributed by atoms with Crippen LogP contribution in [0.4, 0.5) is 0 Å². The van der Waals surface area contributed by atoms with Crippen LogP contribution in [-0.4, -0.2) is 184 Å². The van der Waals surface area contributed by atoms with Gasteiger partial charge in [0.1, 0.15) is 60.4 Å². The number of aromatic nitrogens is 1. The lowest BCUT2D eigenvalue weighted by Gasteiger charge is -2.31. The van der Waals surface area contributed by atoms with Crippen LogP contribution < -0.4 is 64.6 Å². The van der Waals surface area contributed by atoms with Crippen LogP contribution in [0.15, 0.2) is 96.2 Å². The Morgan fingerprint density at radius 3 is 1.88 bits per heavy atom. The predicted molar refractivity (Wildman–Crippen MR) is 354 cm³/mol. The monoisotopic (exact) mass is 1350 g/mol. The van der Waals surface area contributed by atoms with E-state index in [1.165, 1.54) is 24.2 Å². The van der Waals surface area contributed by atoms with Crippen molar-refractivity contribution in [1.29, 1.82) is 0 Å². The molecule has 96 heavy (non-hydrogen) atoms. The van der Waals surface area contributed by atoms with E-state index in [1.807, 2.05) is 36.4 Å². The second kappa shape index (κ2) is 37.4. The van der Waals surface area contributed by atoms with Crippen molar-refractivity contribution in [3.8, 4) is 0 Å². The molecule has 29 nitrogen and oxygen atoms in total. The molecule has 0 unspecified atom stereocenters. The summed E-state index contributed by atoms with van der Waals surface area (Å²) in [7, 11) is 0. The third-order valence-corrected chi connectivity index (χ3v) is 16.4. The van der Waals surface area contributed by atoms with Crippen LogP contribution in [0.5, 0.6) is 0 Å². The number of fused-ring (bicyclic) bond motifs is 1. The molecule has 0 saturated carbocycles. The normalized spacial score (nSPS) is 23.1. The minimum atomic E-state index is -1.81. The van der Waals surface area contributed by atoms with E-state index in [9.17, 15) is 63.0 Å². The number of hydrogen-bond donors (Lipinski definition) is 14. The summed E-state index contributed by atoms with van der Waals surface area (Å²) in [6.45, 7) is 5.04. The highest BCUT2D eigenvalue weighted by Crippen LogP contribution is 2.22. The van der Waals surface area contributed by atoms with Gasteiger partial charge in [0, 0.05) is 69.7 Å². The van der Waals surface area contributed by atoms with Gasteiger partial charge in [0.2, 0.25) is 65.0 Å². The number of carboxylic acids is 1. The van der Waals surface area contributed by atoms with Gasteiger partial charge in [-0.1, -0.05) is 86.1 Å². The highest BCUT2D eigenvalue weighted by atomic mass is 35.5. The fourth-order valence-corrected chi connectivity index (χ4v) is 11.3. The quantitative estimate of drug-likeness (QED) is 0.0341. The van der Waals surface area contributed by atoms with Crippen molar-refractivity contribution < 1.29 is 67.7 Å². The third kappa shape index (κ3) is 23.9. The Morgan fingerprint density at radius 2 is 1.25 bits per heavy atom. The molecule has 3 heterocycles. The van der Waals surface area contributed by atoms with Gasteiger partial charge in [0.15, 0.2) is 5.96 Å². The number of rotatable bonds is 18. The molecule has 16 N–H and O–H groups in total. The second-order valence-corrected chi connectivity index (χ2v) is 24.8. The number of amides is 11. The van der Waals surface area contributed by atoms with Crippen molar-refractivity contribution in [1.82, 2.24) is 63.1 Å². The van der Waals surface area contributed by atoms with Gasteiger partial charge in [-0.3, -0.25) is 67.5 Å². The van der Waals surface area contributed by atoms with Gasteiger partial charge in [-0.15, -0.1) is 0 Å². The number of aliphatic carboxylic acids is 1. The van der Waals surface area contributed by atoms with Crippen LogP contribution >= 0.6 is 11.6 Å². The van der Waals surface area contributed by atoms with Crippen LogP contribution in [0.1, 0.15) is 109 Å². The van der Waals surface area contributed by atoms with Crippen LogP contribution in [0.25, 0.3) is 10.8 Å². The first-order valence-corrected chi connectivity index (χ1v) is 32.4. The van der Waals surface area contributed by atoms with Crippen LogP contribution in [0.2, 0.25) is 5.02 Å². The largest absolute Gasteiger partial charge is 0.480 e. The Labute approximate surface area is 561 Å². The Kier molecular flexibility index (Phi) is 29.3. The summed E-state index contributed by atoms with van der Waals surface area (Å²) in [5.74, 6) is -10.9. The van der Waals surface area contributed by atoms with Crippen molar-refractivity contribution >= 4 is 99.3 Å². The lowest BCUT2D eigenvalue weighted by molar-refractivity contribution is -0.144. The van der Waals surface area contributed by atoms with E-state index >= 15 is 4.79 Å². The van der Waals surface area contributed by atoms with Crippen LogP contribution in [0.3, 0.4) is 0 Å². The first kappa shape index (κ1) is 75.3. The minimum Gasteiger partial charge on any atom is -0.480 e. The average molecular weight is 1350 g/mol. The summed E-state index contributed by atoms with van der Waals surface area (Å²) >= 11 is 6.20. The average Bonchev–Trinajstić information content (AvgIpc) is 1.47. The maximum atomic E-state index is 15.1. The minimum absolute atomic E-state index is 0.00192. The molecule has 4 aromatic rings. The number of likely N-dealkylation sites (tertiary alicyclic amines) is 1. The van der Waals surface area contributed by atoms with Crippen molar-refractivity contribution in [2.75, 3.05) is 26.2 Å². The molecule has 0 aliphatic carbocycles. The van der Waals surface area contributed by atoms with E-state index < -0.39 is 138 Å². The van der Waals surface area contributed by atoms with E-state index in [4.69, 9.17) is 23.1 Å². The zero-order valence-electron chi connectivity index (χ0n) is 54.2. The molecule has 0 radical (unpaired) electrons. The highest BCUT2D eigenvalue weighted by Gasteiger charge is 2.40. The molecular weight excluding hydrogens is 1260 g/mol. The number of aliphatic hydroxyl groups excluding tert-OH is 1. The topological polar surface area (TPSA) is 446 Å². The molecular formula is C66H88ClN15O14. The number of pyridine rings is 1. The molecule has 0 spiro atoms. The fraction of sp³-hybridized carbons (Fsp3) is 0.485. The molecule has 30 heteroatoms. The van der Waals surface area contributed by atoms with Gasteiger partial charge in [0.05, 0.1) is 6.61 Å². The third-order valence-electron chi connectivity index (χ3n) is 16.2. The molecule has 11 amide bonds. The number of hydrogen-bond acceptors (Lipinski definition) is 15. The van der Waals surface area contributed by atoms with E-state index in [0.717, 1.165) is 17.7 Å². The van der Waals surface area contributed by atoms with Gasteiger partial charge in [-0.05, 0) is 116 Å². The van der Waals surface area contributed by atoms with E-state index in [0.29, 0.717) is 28.1 Å². The summed E-state index contributed by atoms with van der Waals surface area (Å²) in [5.41, 5.74) is 12.7. The van der Waals surface area contributed by atoms with Crippen molar-refractivity contribution in [3.05, 3.63) is 113 Å². The Morgan fingerprint density at radius 1 is 0.667 bits per heavy atom. The van der Waals surface area contributed by atoms with E-state index in [2.05, 4.69) is 63.1 Å². The number of carbonyl (C=O) groups excluding carboxylic acids is 11. The molecule has 2 aliphatic heterocycles. The first-order chi connectivity index (χ1) is 45.8. The number of benzene rings is 3. The SMILES string of the molecule is CC(=O)N[C@H]1CCC(=O)NCCCC[C@@H](C(=O)N2CCC[C@H]2C(=O)N[C@H](C)C(=O)O)NC(=O)[C@H](CC(C)C)NC(=O)[C@@H](Cc2ccc3ccccc3c2)NC(=O)[C@H](CCCN=C(N)N)NC(=O)[C@H](CO)NC(=O)[C@@H](Cc2cccnc2)NC(=O)[C@@H](Cc2ccc(Cl)cc2)NC1=O. The van der Waals surface area contributed by atoms with Gasteiger partial charge in [0.25, 0.3) is 0 Å². The smallest absolute Gasteiger partial charge is 0.325 e. The maximum absolute atomic E-state index is 15.1.